The first-order valence-corrected chi connectivity index (χ1v) is 6.18. The summed E-state index contributed by atoms with van der Waals surface area (Å²) < 4.78 is 38.1. The number of carboxylic acids is 1. The van der Waals surface area contributed by atoms with Gasteiger partial charge < -0.3 is 10.0 Å². The molecular formula is C12H14F3N3O2. The van der Waals surface area contributed by atoms with Gasteiger partial charge in [0.1, 0.15) is 17.3 Å². The summed E-state index contributed by atoms with van der Waals surface area (Å²) in [5.41, 5.74) is -0.972. The number of halogens is 3. The van der Waals surface area contributed by atoms with E-state index >= 15 is 0 Å². The van der Waals surface area contributed by atoms with E-state index in [1.165, 1.54) is 6.92 Å². The van der Waals surface area contributed by atoms with Gasteiger partial charge >= 0.3 is 12.1 Å². The van der Waals surface area contributed by atoms with Crippen LogP contribution in [0, 0.1) is 12.8 Å². The predicted octanol–water partition coefficient (Wildman–Crippen LogP) is 2.10. The SMILES string of the molecule is Cc1nc(N2CCC(C(=O)O)CC2)cc(C(F)(F)F)n1. The molecule has 0 bridgehead atoms. The zero-order valence-corrected chi connectivity index (χ0v) is 10.8. The van der Waals surface area contributed by atoms with Crippen LogP contribution in [0.4, 0.5) is 19.0 Å². The third-order valence-corrected chi connectivity index (χ3v) is 3.28. The average Bonchev–Trinajstić information content (AvgIpc) is 2.37. The van der Waals surface area contributed by atoms with Crippen molar-refractivity contribution in [3.05, 3.63) is 17.6 Å². The van der Waals surface area contributed by atoms with Crippen LogP contribution in [0.15, 0.2) is 6.07 Å². The summed E-state index contributed by atoms with van der Waals surface area (Å²) in [6.45, 7) is 2.16. The fourth-order valence-corrected chi connectivity index (χ4v) is 2.21. The smallest absolute Gasteiger partial charge is 0.433 e. The van der Waals surface area contributed by atoms with Gasteiger partial charge in [0.05, 0.1) is 5.92 Å². The Morgan fingerprint density at radius 1 is 1.35 bits per heavy atom. The number of alkyl halides is 3. The number of carbonyl (C=O) groups is 1. The number of anilines is 1. The molecule has 110 valence electrons. The molecule has 2 rings (SSSR count). The van der Waals surface area contributed by atoms with Crippen LogP contribution >= 0.6 is 0 Å². The number of nitrogens with zero attached hydrogens (tertiary/aromatic N) is 3. The van der Waals surface area contributed by atoms with Crippen molar-refractivity contribution in [2.75, 3.05) is 18.0 Å². The Morgan fingerprint density at radius 2 is 1.95 bits per heavy atom. The Kier molecular flexibility index (Phi) is 3.82. The van der Waals surface area contributed by atoms with E-state index in [2.05, 4.69) is 9.97 Å². The summed E-state index contributed by atoms with van der Waals surface area (Å²) in [6.07, 6.45) is -3.71. The molecule has 1 N–H and O–H groups in total. The highest BCUT2D eigenvalue weighted by molar-refractivity contribution is 5.70. The summed E-state index contributed by atoms with van der Waals surface area (Å²) in [5.74, 6) is -1.04. The number of hydrogen-bond acceptors (Lipinski definition) is 4. The molecule has 8 heteroatoms. The topological polar surface area (TPSA) is 66.3 Å². The summed E-state index contributed by atoms with van der Waals surface area (Å²) >= 11 is 0. The molecule has 1 aromatic heterocycles. The number of aliphatic carboxylic acids is 1. The number of hydrogen-bond donors (Lipinski definition) is 1. The highest BCUT2D eigenvalue weighted by Gasteiger charge is 2.34. The zero-order chi connectivity index (χ0) is 14.9. The fourth-order valence-electron chi connectivity index (χ4n) is 2.21. The maximum absolute atomic E-state index is 12.7. The molecule has 0 atom stereocenters. The monoisotopic (exact) mass is 289 g/mol. The van der Waals surface area contributed by atoms with Crippen LogP contribution in [0.3, 0.4) is 0 Å². The van der Waals surface area contributed by atoms with Gasteiger partial charge in [0.2, 0.25) is 0 Å². The minimum absolute atomic E-state index is 0.0511. The molecule has 0 saturated carbocycles. The van der Waals surface area contributed by atoms with Crippen LogP contribution in [0.1, 0.15) is 24.4 Å². The molecule has 20 heavy (non-hydrogen) atoms. The lowest BCUT2D eigenvalue weighted by Gasteiger charge is -2.31. The molecule has 0 unspecified atom stereocenters. The lowest BCUT2D eigenvalue weighted by atomic mass is 9.97. The van der Waals surface area contributed by atoms with Gasteiger partial charge in [0, 0.05) is 19.2 Å². The van der Waals surface area contributed by atoms with E-state index in [9.17, 15) is 18.0 Å². The molecule has 5 nitrogen and oxygen atoms in total. The van der Waals surface area contributed by atoms with Crippen molar-refractivity contribution in [2.24, 2.45) is 5.92 Å². The van der Waals surface area contributed by atoms with Crippen molar-refractivity contribution in [1.82, 2.24) is 9.97 Å². The van der Waals surface area contributed by atoms with E-state index in [0.29, 0.717) is 25.9 Å². The zero-order valence-electron chi connectivity index (χ0n) is 10.8. The van der Waals surface area contributed by atoms with E-state index in [1.807, 2.05) is 0 Å². The minimum Gasteiger partial charge on any atom is -0.481 e. The molecule has 0 spiro atoms. The maximum Gasteiger partial charge on any atom is 0.433 e. The second-order valence-electron chi connectivity index (χ2n) is 4.76. The van der Waals surface area contributed by atoms with Gasteiger partial charge in [-0.25, -0.2) is 9.97 Å². The molecule has 1 saturated heterocycles. The summed E-state index contributed by atoms with van der Waals surface area (Å²) in [6, 6.07) is 0.911. The predicted molar refractivity (Wildman–Crippen MR) is 64.3 cm³/mol. The third-order valence-electron chi connectivity index (χ3n) is 3.28. The number of aromatic nitrogens is 2. The van der Waals surface area contributed by atoms with Gasteiger partial charge in [0.15, 0.2) is 0 Å². The molecule has 0 aromatic carbocycles. The first kappa shape index (κ1) is 14.5. The van der Waals surface area contributed by atoms with Crippen molar-refractivity contribution < 1.29 is 23.1 Å². The van der Waals surface area contributed by atoms with Crippen LogP contribution in [0.25, 0.3) is 0 Å². The van der Waals surface area contributed by atoms with Gasteiger partial charge in [-0.1, -0.05) is 0 Å². The molecule has 0 aliphatic carbocycles. The standard InChI is InChI=1S/C12H14F3N3O2/c1-7-16-9(12(13,14)15)6-10(17-7)18-4-2-8(3-5-18)11(19)20/h6,8H,2-5H2,1H3,(H,19,20). The van der Waals surface area contributed by atoms with E-state index in [-0.39, 0.29) is 11.6 Å². The Bertz CT molecular complexity index is 511. The van der Waals surface area contributed by atoms with Gasteiger partial charge in [-0.2, -0.15) is 13.2 Å². The Morgan fingerprint density at radius 3 is 2.45 bits per heavy atom. The van der Waals surface area contributed by atoms with Crippen LogP contribution < -0.4 is 4.90 Å². The van der Waals surface area contributed by atoms with Crippen LogP contribution in [0.5, 0.6) is 0 Å². The van der Waals surface area contributed by atoms with Crippen molar-refractivity contribution >= 4 is 11.8 Å². The second-order valence-corrected chi connectivity index (χ2v) is 4.76. The van der Waals surface area contributed by atoms with Gasteiger partial charge in [0.25, 0.3) is 0 Å². The van der Waals surface area contributed by atoms with Crippen molar-refractivity contribution in [2.45, 2.75) is 25.9 Å². The van der Waals surface area contributed by atoms with Gasteiger partial charge in [-0.3, -0.25) is 4.79 Å². The molecular weight excluding hydrogens is 275 g/mol. The lowest BCUT2D eigenvalue weighted by molar-refractivity contribution is -0.142. The number of aryl methyl sites for hydroxylation is 1. The quantitative estimate of drug-likeness (QED) is 0.903. The molecule has 0 amide bonds. The molecule has 0 radical (unpaired) electrons. The van der Waals surface area contributed by atoms with Crippen molar-refractivity contribution in [3.8, 4) is 0 Å². The van der Waals surface area contributed by atoms with Crippen LogP contribution in [-0.2, 0) is 11.0 Å². The summed E-state index contributed by atoms with van der Waals surface area (Å²) in [5, 5.41) is 8.90. The van der Waals surface area contributed by atoms with Crippen LogP contribution in [-0.4, -0.2) is 34.1 Å². The summed E-state index contributed by atoms with van der Waals surface area (Å²) in [7, 11) is 0. The highest BCUT2D eigenvalue weighted by atomic mass is 19.4. The highest BCUT2D eigenvalue weighted by Crippen LogP contribution is 2.30. The van der Waals surface area contributed by atoms with E-state index in [0.717, 1.165) is 6.07 Å². The van der Waals surface area contributed by atoms with Crippen molar-refractivity contribution in [1.29, 1.82) is 0 Å². The maximum atomic E-state index is 12.7. The summed E-state index contributed by atoms with van der Waals surface area (Å²) in [4.78, 5) is 19.9. The van der Waals surface area contributed by atoms with Crippen LogP contribution in [0.2, 0.25) is 0 Å². The number of piperidine rings is 1. The van der Waals surface area contributed by atoms with Gasteiger partial charge in [-0.05, 0) is 19.8 Å². The molecule has 2 heterocycles. The first-order valence-electron chi connectivity index (χ1n) is 6.18. The van der Waals surface area contributed by atoms with E-state index < -0.39 is 23.8 Å². The van der Waals surface area contributed by atoms with E-state index in [4.69, 9.17) is 5.11 Å². The fraction of sp³-hybridized carbons (Fsp3) is 0.583. The third kappa shape index (κ3) is 3.17. The second kappa shape index (κ2) is 5.26. The Hall–Kier alpha value is -1.86. The average molecular weight is 289 g/mol. The normalized spacial score (nSPS) is 17.3. The molecule has 1 aromatic rings. The minimum atomic E-state index is -4.51. The molecule has 1 fully saturated rings. The lowest BCUT2D eigenvalue weighted by Crippen LogP contribution is -2.37. The molecule has 1 aliphatic rings. The van der Waals surface area contributed by atoms with Gasteiger partial charge in [-0.15, -0.1) is 0 Å². The number of carboxylic acid groups (broad SMARTS) is 1. The Labute approximate surface area is 113 Å². The number of rotatable bonds is 2. The van der Waals surface area contributed by atoms with E-state index in [1.54, 1.807) is 4.90 Å². The first-order chi connectivity index (χ1) is 9.27. The largest absolute Gasteiger partial charge is 0.481 e. The molecule has 1 aliphatic heterocycles. The van der Waals surface area contributed by atoms with Crippen molar-refractivity contribution in [3.63, 3.8) is 0 Å². The Balaban J connectivity index is 2.18.